The molecule has 3 saturated carbocycles. The van der Waals surface area contributed by atoms with Gasteiger partial charge in [-0.3, -0.25) is 0 Å². The summed E-state index contributed by atoms with van der Waals surface area (Å²) in [6.45, 7) is 34.5. The molecule has 9 atom stereocenters. The summed E-state index contributed by atoms with van der Waals surface area (Å²) in [7, 11) is 0. The van der Waals surface area contributed by atoms with Gasteiger partial charge in [-0.1, -0.05) is 66.0 Å². The van der Waals surface area contributed by atoms with E-state index in [1.807, 2.05) is 69.2 Å². The molecule has 4 aliphatic rings. The third kappa shape index (κ3) is 13.0. The van der Waals surface area contributed by atoms with Crippen LogP contribution >= 0.6 is 0 Å². The van der Waals surface area contributed by atoms with Gasteiger partial charge in [0.1, 0.15) is 17.3 Å². The Morgan fingerprint density at radius 3 is 1.85 bits per heavy atom. The van der Waals surface area contributed by atoms with Gasteiger partial charge in [0.2, 0.25) is 0 Å². The molecule has 0 aromatic carbocycles. The van der Waals surface area contributed by atoms with E-state index in [0.717, 1.165) is 61.2 Å². The van der Waals surface area contributed by atoms with Crippen molar-refractivity contribution in [2.75, 3.05) is 13.1 Å². The molecule has 0 spiro atoms. The Morgan fingerprint density at radius 2 is 1.34 bits per heavy atom. The summed E-state index contributed by atoms with van der Waals surface area (Å²) in [4.78, 5) is 41.3. The minimum atomic E-state index is -0.638. The van der Waals surface area contributed by atoms with E-state index in [1.165, 1.54) is 50.5 Å². The number of nitrogens with one attached hydrogen (secondary N) is 2. The molecule has 0 heterocycles. The highest BCUT2D eigenvalue weighted by Gasteiger charge is 2.59. The van der Waals surface area contributed by atoms with Crippen molar-refractivity contribution in [3.63, 3.8) is 0 Å². The average Bonchev–Trinajstić information content (AvgIpc) is 3.43. The molecule has 0 saturated heterocycles. The van der Waals surface area contributed by atoms with E-state index >= 15 is 0 Å². The Bertz CT molecular complexity index is 1430. The second kappa shape index (κ2) is 18.9. The zero-order valence-corrected chi connectivity index (χ0v) is 40.7. The first-order valence-corrected chi connectivity index (χ1v) is 23.8. The van der Waals surface area contributed by atoms with E-state index in [2.05, 4.69) is 58.3 Å². The molecule has 3 amide bonds. The van der Waals surface area contributed by atoms with Gasteiger partial charge in [0.15, 0.2) is 0 Å². The number of hydrogen-bond acceptors (Lipinski definition) is 6. The average molecular weight is 828 g/mol. The number of hydrogen-bond donors (Lipinski definition) is 2. The highest BCUT2D eigenvalue weighted by atomic mass is 16.6. The lowest BCUT2D eigenvalue weighted by Crippen LogP contribution is -2.51. The molecular weight excluding hydrogens is 739 g/mol. The number of fused-ring (bicyclic) bond motifs is 5. The van der Waals surface area contributed by atoms with Crippen LogP contribution < -0.4 is 10.6 Å². The van der Waals surface area contributed by atoms with Gasteiger partial charge < -0.3 is 29.7 Å². The molecule has 0 aromatic heterocycles. The van der Waals surface area contributed by atoms with Crippen LogP contribution in [0.15, 0.2) is 11.6 Å². The molecule has 0 radical (unpaired) electrons. The van der Waals surface area contributed by atoms with Gasteiger partial charge in [-0.25, -0.2) is 14.4 Å². The number of rotatable bonds is 15. The Kier molecular flexibility index (Phi) is 15.8. The Hall–Kier alpha value is -2.45. The first-order chi connectivity index (χ1) is 27.1. The summed E-state index contributed by atoms with van der Waals surface area (Å²) in [5.74, 6) is 5.52. The summed E-state index contributed by atoms with van der Waals surface area (Å²) in [6, 6.07) is 0. The Balaban J connectivity index is 1.43. The molecule has 2 N–H and O–H groups in total. The zero-order valence-electron chi connectivity index (χ0n) is 40.7. The first kappa shape index (κ1) is 49.2. The largest absolute Gasteiger partial charge is 0.446 e. The molecule has 3 fully saturated rings. The first-order valence-electron chi connectivity index (χ1n) is 23.8. The monoisotopic (exact) mass is 828 g/mol. The van der Waals surface area contributed by atoms with Crippen molar-refractivity contribution in [1.29, 1.82) is 0 Å². The van der Waals surface area contributed by atoms with Gasteiger partial charge >= 0.3 is 18.3 Å². The number of nitrogens with zero attached hydrogens (tertiary/aromatic N) is 1. The standard InChI is InChI=1S/C50H89N3O6/c1-17-35(33(2)3)19-18-34(4)39-22-23-40-38-21-20-36-32-37(24-26-49(36,15)41(38)25-27-50(39,40)16)57-44(56)53(30-28-47(11,12)51-42(54)58-45(5,6)7)31-29-48(13,14)52-43(55)59-46(8,9)10/h20,33-35,37-41H,17-19,21-32H2,1-16H3,(H,51,54)(H,52,55)/t34-,35-,37?,38?,39?,40?,41?,49?,50?/m1/s1. The lowest BCUT2D eigenvalue weighted by atomic mass is 9.47. The molecule has 4 rings (SSSR count). The van der Waals surface area contributed by atoms with Crippen LogP contribution in [-0.4, -0.2) is 64.7 Å². The van der Waals surface area contributed by atoms with Gasteiger partial charge in [0.25, 0.3) is 0 Å². The maximum absolute atomic E-state index is 14.2. The van der Waals surface area contributed by atoms with E-state index in [1.54, 1.807) is 4.90 Å². The van der Waals surface area contributed by atoms with Crippen LogP contribution in [0.5, 0.6) is 0 Å². The van der Waals surface area contributed by atoms with Gasteiger partial charge in [-0.2, -0.15) is 0 Å². The number of ether oxygens (including phenoxy) is 3. The van der Waals surface area contributed by atoms with E-state index in [0.29, 0.717) is 37.3 Å². The SMILES string of the molecule is CC[C@H](CC[C@@H](C)C1CCC2C3CC=C4CC(OC(=O)N(CCC(C)(C)NC(=O)OC(C)(C)C)CCC(C)(C)NC(=O)OC(C)(C)C)CCC4(C)C3CCC21C)C(C)C. The normalized spacial score (nSPS) is 29.6. The van der Waals surface area contributed by atoms with E-state index in [-0.39, 0.29) is 17.6 Å². The van der Waals surface area contributed by atoms with Crippen molar-refractivity contribution in [2.45, 2.75) is 223 Å². The predicted octanol–water partition coefficient (Wildman–Crippen LogP) is 12.9. The van der Waals surface area contributed by atoms with E-state index in [9.17, 15) is 14.4 Å². The highest BCUT2D eigenvalue weighted by molar-refractivity contribution is 5.70. The number of amides is 3. The lowest BCUT2D eigenvalue weighted by molar-refractivity contribution is -0.0596. The fraction of sp³-hybridized carbons (Fsp3) is 0.900. The highest BCUT2D eigenvalue weighted by Crippen LogP contribution is 2.67. The Morgan fingerprint density at radius 1 is 0.780 bits per heavy atom. The second-order valence-electron chi connectivity index (χ2n) is 23.7. The summed E-state index contributed by atoms with van der Waals surface area (Å²) in [6.07, 6.45) is 15.4. The third-order valence-electron chi connectivity index (χ3n) is 15.5. The van der Waals surface area contributed by atoms with Gasteiger partial charge in [-0.15, -0.1) is 0 Å². The van der Waals surface area contributed by atoms with Crippen LogP contribution in [0, 0.1) is 52.3 Å². The smallest absolute Gasteiger partial charge is 0.410 e. The van der Waals surface area contributed by atoms with Crippen LogP contribution in [0.25, 0.3) is 0 Å². The molecule has 9 heteroatoms. The minimum absolute atomic E-state index is 0.164. The number of alkyl carbamates (subject to hydrolysis) is 2. The van der Waals surface area contributed by atoms with Crippen molar-refractivity contribution in [2.24, 2.45) is 52.3 Å². The van der Waals surface area contributed by atoms with Crippen LogP contribution in [0.3, 0.4) is 0 Å². The van der Waals surface area contributed by atoms with Crippen LogP contribution in [0.2, 0.25) is 0 Å². The van der Waals surface area contributed by atoms with Crippen LogP contribution in [0.1, 0.15) is 194 Å². The van der Waals surface area contributed by atoms with Crippen molar-refractivity contribution in [1.82, 2.24) is 15.5 Å². The fourth-order valence-corrected chi connectivity index (χ4v) is 12.0. The van der Waals surface area contributed by atoms with Crippen molar-refractivity contribution in [3.05, 3.63) is 11.6 Å². The second-order valence-corrected chi connectivity index (χ2v) is 23.7. The number of allylic oxidation sites excluding steroid dienone is 1. The summed E-state index contributed by atoms with van der Waals surface area (Å²) >= 11 is 0. The summed E-state index contributed by atoms with van der Waals surface area (Å²) in [5, 5.41) is 5.97. The van der Waals surface area contributed by atoms with E-state index in [4.69, 9.17) is 14.2 Å². The zero-order chi connectivity index (χ0) is 44.4. The molecular formula is C50H89N3O6. The molecule has 0 bridgehead atoms. The lowest BCUT2D eigenvalue weighted by Gasteiger charge is -2.58. The van der Waals surface area contributed by atoms with Crippen molar-refractivity contribution in [3.8, 4) is 0 Å². The predicted molar refractivity (Wildman–Crippen MR) is 240 cm³/mol. The molecule has 4 aliphatic carbocycles. The maximum Gasteiger partial charge on any atom is 0.410 e. The number of carbonyl (C=O) groups excluding carboxylic acids is 3. The molecule has 7 unspecified atom stereocenters. The number of carbonyl (C=O) groups is 3. The summed E-state index contributed by atoms with van der Waals surface area (Å²) in [5.41, 5.74) is -0.390. The van der Waals surface area contributed by atoms with Gasteiger partial charge in [-0.05, 0) is 186 Å². The molecule has 340 valence electrons. The quantitative estimate of drug-likeness (QED) is 0.126. The van der Waals surface area contributed by atoms with Crippen molar-refractivity contribution >= 4 is 18.3 Å². The molecule has 9 nitrogen and oxygen atoms in total. The fourth-order valence-electron chi connectivity index (χ4n) is 12.0. The summed E-state index contributed by atoms with van der Waals surface area (Å²) < 4.78 is 17.5. The molecule has 0 aromatic rings. The molecule has 0 aliphatic heterocycles. The van der Waals surface area contributed by atoms with Crippen LogP contribution in [0.4, 0.5) is 14.4 Å². The van der Waals surface area contributed by atoms with Gasteiger partial charge in [0.05, 0.1) is 0 Å². The topological polar surface area (TPSA) is 106 Å². The van der Waals surface area contributed by atoms with Crippen LogP contribution in [-0.2, 0) is 14.2 Å². The maximum atomic E-state index is 14.2. The van der Waals surface area contributed by atoms with E-state index < -0.39 is 34.5 Å². The molecule has 59 heavy (non-hydrogen) atoms. The third-order valence-corrected chi connectivity index (χ3v) is 15.5. The van der Waals surface area contributed by atoms with Gasteiger partial charge in [0, 0.05) is 30.6 Å². The van der Waals surface area contributed by atoms with Crippen molar-refractivity contribution < 1.29 is 28.6 Å². The Labute approximate surface area is 361 Å². The minimum Gasteiger partial charge on any atom is -0.446 e.